The zero-order valence-corrected chi connectivity index (χ0v) is 14.1. The topological polar surface area (TPSA) is 94.5 Å². The highest BCUT2D eigenvalue weighted by molar-refractivity contribution is 6.06. The van der Waals surface area contributed by atoms with Crippen molar-refractivity contribution < 1.29 is 15.0 Å². The monoisotopic (exact) mass is 349 g/mol. The highest BCUT2D eigenvalue weighted by Crippen LogP contribution is 2.33. The molecule has 1 heterocycles. The van der Waals surface area contributed by atoms with Crippen LogP contribution in [0.3, 0.4) is 0 Å². The van der Waals surface area contributed by atoms with E-state index in [9.17, 15) is 15.0 Å². The Morgan fingerprint density at radius 2 is 1.77 bits per heavy atom. The van der Waals surface area contributed by atoms with Crippen molar-refractivity contribution in [1.82, 2.24) is 4.98 Å². The van der Waals surface area contributed by atoms with E-state index < -0.39 is 6.03 Å². The second-order valence-electron chi connectivity index (χ2n) is 6.42. The smallest absolute Gasteiger partial charge is 0.323 e. The molecule has 0 saturated heterocycles. The number of aromatic hydroxyl groups is 2. The van der Waals surface area contributed by atoms with Crippen LogP contribution in [0.5, 0.6) is 11.5 Å². The van der Waals surface area contributed by atoms with Crippen LogP contribution in [0.25, 0.3) is 10.9 Å². The molecule has 132 valence electrons. The molecule has 6 nitrogen and oxygen atoms in total. The number of rotatable bonds is 2. The Balaban J connectivity index is 1.67. The zero-order chi connectivity index (χ0) is 18.1. The molecule has 0 aliphatic heterocycles. The molecule has 0 fully saturated rings. The summed E-state index contributed by atoms with van der Waals surface area (Å²) in [7, 11) is 0. The van der Waals surface area contributed by atoms with Crippen LogP contribution in [0.2, 0.25) is 0 Å². The molecule has 26 heavy (non-hydrogen) atoms. The van der Waals surface area contributed by atoms with Crippen LogP contribution in [0, 0.1) is 0 Å². The molecule has 1 aliphatic rings. The maximum absolute atomic E-state index is 12.5. The van der Waals surface area contributed by atoms with Gasteiger partial charge in [0.1, 0.15) is 0 Å². The SMILES string of the molecule is O=C(Nc1ccc(O)c(O)c1)Nc1c2c(nc3ccccc13)CCCC2. The Labute approximate surface area is 150 Å². The summed E-state index contributed by atoms with van der Waals surface area (Å²) >= 11 is 0. The number of phenolic OH excluding ortho intramolecular Hbond substituents is 2. The van der Waals surface area contributed by atoms with Gasteiger partial charge in [-0.25, -0.2) is 4.79 Å². The van der Waals surface area contributed by atoms with Crippen LogP contribution in [-0.4, -0.2) is 21.2 Å². The van der Waals surface area contributed by atoms with E-state index >= 15 is 0 Å². The maximum atomic E-state index is 12.5. The fraction of sp³-hybridized carbons (Fsp3) is 0.200. The number of nitrogens with zero attached hydrogens (tertiary/aromatic N) is 1. The summed E-state index contributed by atoms with van der Waals surface area (Å²) in [5.74, 6) is -0.514. The predicted molar refractivity (Wildman–Crippen MR) is 101 cm³/mol. The van der Waals surface area contributed by atoms with Gasteiger partial charge in [-0.3, -0.25) is 4.98 Å². The number of pyridine rings is 1. The number of hydrogen-bond donors (Lipinski definition) is 4. The van der Waals surface area contributed by atoms with E-state index in [2.05, 4.69) is 10.6 Å². The first-order valence-corrected chi connectivity index (χ1v) is 8.62. The van der Waals surface area contributed by atoms with Crippen molar-refractivity contribution in [3.05, 3.63) is 53.7 Å². The molecule has 1 aliphatic carbocycles. The van der Waals surface area contributed by atoms with Gasteiger partial charge in [0.05, 0.1) is 11.2 Å². The van der Waals surface area contributed by atoms with Gasteiger partial charge < -0.3 is 20.8 Å². The van der Waals surface area contributed by atoms with Gasteiger partial charge >= 0.3 is 6.03 Å². The fourth-order valence-corrected chi connectivity index (χ4v) is 3.39. The minimum absolute atomic E-state index is 0.231. The predicted octanol–water partition coefficient (Wildman–Crippen LogP) is 4.17. The van der Waals surface area contributed by atoms with Gasteiger partial charge in [0, 0.05) is 22.8 Å². The molecule has 6 heteroatoms. The zero-order valence-electron chi connectivity index (χ0n) is 14.1. The third-order valence-electron chi connectivity index (χ3n) is 4.64. The number of fused-ring (bicyclic) bond motifs is 2. The van der Waals surface area contributed by atoms with Gasteiger partial charge in [0.2, 0.25) is 0 Å². The van der Waals surface area contributed by atoms with Crippen LogP contribution in [-0.2, 0) is 12.8 Å². The summed E-state index contributed by atoms with van der Waals surface area (Å²) in [5, 5.41) is 25.5. The number of para-hydroxylation sites is 1. The Bertz CT molecular complexity index is 1000. The van der Waals surface area contributed by atoms with Crippen molar-refractivity contribution in [2.45, 2.75) is 25.7 Å². The summed E-state index contributed by atoms with van der Waals surface area (Å²) < 4.78 is 0. The number of nitrogens with one attached hydrogen (secondary N) is 2. The van der Waals surface area contributed by atoms with Crippen molar-refractivity contribution in [1.29, 1.82) is 0 Å². The average molecular weight is 349 g/mol. The highest BCUT2D eigenvalue weighted by atomic mass is 16.3. The first-order valence-electron chi connectivity index (χ1n) is 8.62. The minimum atomic E-state index is -0.404. The molecule has 0 saturated carbocycles. The van der Waals surface area contributed by atoms with Crippen LogP contribution < -0.4 is 10.6 Å². The number of hydrogen-bond acceptors (Lipinski definition) is 4. The van der Waals surface area contributed by atoms with E-state index in [4.69, 9.17) is 4.98 Å². The molecular formula is C20H19N3O3. The Morgan fingerprint density at radius 1 is 0.962 bits per heavy atom. The standard InChI is InChI=1S/C20H19N3O3/c24-17-10-9-12(11-18(17)25)21-20(26)23-19-13-5-1-3-7-15(13)22-16-8-4-2-6-14(16)19/h1,3,5,7,9-11,24-25H,2,4,6,8H2,(H2,21,22,23,26). The van der Waals surface area contributed by atoms with Crippen molar-refractivity contribution in [2.75, 3.05) is 10.6 Å². The molecule has 3 aromatic rings. The van der Waals surface area contributed by atoms with Crippen molar-refractivity contribution in [3.8, 4) is 11.5 Å². The molecule has 0 bridgehead atoms. The fourth-order valence-electron chi connectivity index (χ4n) is 3.39. The molecule has 4 rings (SSSR count). The molecular weight excluding hydrogens is 330 g/mol. The van der Waals surface area contributed by atoms with Crippen molar-refractivity contribution in [2.24, 2.45) is 0 Å². The third kappa shape index (κ3) is 3.01. The van der Waals surface area contributed by atoms with Crippen LogP contribution in [0.4, 0.5) is 16.2 Å². The van der Waals surface area contributed by atoms with E-state index in [0.29, 0.717) is 5.69 Å². The van der Waals surface area contributed by atoms with E-state index in [0.717, 1.165) is 53.5 Å². The van der Waals surface area contributed by atoms with E-state index in [1.165, 1.54) is 18.2 Å². The van der Waals surface area contributed by atoms with Crippen LogP contribution in [0.1, 0.15) is 24.1 Å². The number of carbonyl (C=O) groups is 1. The number of aromatic nitrogens is 1. The molecule has 0 atom stereocenters. The number of carbonyl (C=O) groups excluding carboxylic acids is 1. The average Bonchev–Trinajstić information content (AvgIpc) is 2.64. The number of phenols is 2. The number of amides is 2. The van der Waals surface area contributed by atoms with Crippen molar-refractivity contribution in [3.63, 3.8) is 0 Å². The normalized spacial score (nSPS) is 13.2. The lowest BCUT2D eigenvalue weighted by Gasteiger charge is -2.21. The molecule has 2 amide bonds. The lowest BCUT2D eigenvalue weighted by Crippen LogP contribution is -2.22. The number of benzene rings is 2. The lowest BCUT2D eigenvalue weighted by molar-refractivity contribution is 0.262. The van der Waals surface area contributed by atoms with E-state index in [1.54, 1.807) is 0 Å². The van der Waals surface area contributed by atoms with Gasteiger partial charge in [-0.1, -0.05) is 18.2 Å². The highest BCUT2D eigenvalue weighted by Gasteiger charge is 2.19. The summed E-state index contributed by atoms with van der Waals surface area (Å²) in [5.41, 5.74) is 4.20. The van der Waals surface area contributed by atoms with Crippen LogP contribution >= 0.6 is 0 Å². The summed E-state index contributed by atoms with van der Waals surface area (Å²) in [4.78, 5) is 17.3. The molecule has 2 aromatic carbocycles. The molecule has 4 N–H and O–H groups in total. The molecule has 0 spiro atoms. The van der Waals surface area contributed by atoms with Gasteiger partial charge in [-0.2, -0.15) is 0 Å². The number of aryl methyl sites for hydroxylation is 1. The van der Waals surface area contributed by atoms with Gasteiger partial charge in [-0.05, 0) is 49.4 Å². The molecule has 1 aromatic heterocycles. The van der Waals surface area contributed by atoms with E-state index in [1.807, 2.05) is 24.3 Å². The Morgan fingerprint density at radius 3 is 2.62 bits per heavy atom. The van der Waals surface area contributed by atoms with Gasteiger partial charge in [-0.15, -0.1) is 0 Å². The molecule has 0 radical (unpaired) electrons. The number of urea groups is 1. The van der Waals surface area contributed by atoms with Gasteiger partial charge in [0.25, 0.3) is 0 Å². The maximum Gasteiger partial charge on any atom is 0.323 e. The first kappa shape index (κ1) is 16.2. The van der Waals surface area contributed by atoms with E-state index in [-0.39, 0.29) is 11.5 Å². The van der Waals surface area contributed by atoms with Crippen LogP contribution in [0.15, 0.2) is 42.5 Å². The van der Waals surface area contributed by atoms with Gasteiger partial charge in [0.15, 0.2) is 11.5 Å². The van der Waals surface area contributed by atoms with Crippen molar-refractivity contribution >= 4 is 28.3 Å². The Kier molecular flexibility index (Phi) is 4.08. The first-order chi connectivity index (χ1) is 12.6. The Hall–Kier alpha value is -3.28. The summed E-state index contributed by atoms with van der Waals surface area (Å²) in [6, 6.07) is 11.5. The summed E-state index contributed by atoms with van der Waals surface area (Å²) in [6.07, 6.45) is 4.00. The molecule has 0 unspecified atom stereocenters. The second kappa shape index (κ2) is 6.55. The third-order valence-corrected chi connectivity index (χ3v) is 4.64. The minimum Gasteiger partial charge on any atom is -0.504 e. The number of anilines is 2. The quantitative estimate of drug-likeness (QED) is 0.412. The summed E-state index contributed by atoms with van der Waals surface area (Å²) in [6.45, 7) is 0. The second-order valence-corrected chi connectivity index (χ2v) is 6.42. The largest absolute Gasteiger partial charge is 0.504 e. The lowest BCUT2D eigenvalue weighted by atomic mass is 9.93.